The molecule has 0 rings (SSSR count). The normalized spacial score (nSPS) is 16.2. The molecule has 2 heteroatoms. The highest BCUT2D eigenvalue weighted by molar-refractivity contribution is 5.82. The van der Waals surface area contributed by atoms with E-state index in [4.69, 9.17) is 5.11 Å². The molecule has 0 amide bonds. The van der Waals surface area contributed by atoms with Crippen LogP contribution in [0.3, 0.4) is 0 Å². The highest BCUT2D eigenvalue weighted by Crippen LogP contribution is 2.15. The molecule has 0 saturated carbocycles. The van der Waals surface area contributed by atoms with Gasteiger partial charge in [-0.05, 0) is 25.2 Å². The molecule has 0 bridgehead atoms. The van der Waals surface area contributed by atoms with E-state index in [1.54, 1.807) is 0 Å². The van der Waals surface area contributed by atoms with Gasteiger partial charge in [0.2, 0.25) is 0 Å². The van der Waals surface area contributed by atoms with E-state index in [1.165, 1.54) is 6.92 Å². The fourth-order valence-electron chi connectivity index (χ4n) is 1.40. The maximum Gasteiger partial charge on any atom is 0.161 e. The predicted molar refractivity (Wildman–Crippen MR) is 49.9 cm³/mol. The van der Waals surface area contributed by atoms with Crippen LogP contribution in [0.2, 0.25) is 0 Å². The van der Waals surface area contributed by atoms with Crippen LogP contribution in [0.4, 0.5) is 0 Å². The largest absolute Gasteiger partial charge is 0.386 e. The van der Waals surface area contributed by atoms with Crippen LogP contribution in [0.5, 0.6) is 0 Å². The molecule has 72 valence electrons. The molecule has 0 aromatic carbocycles. The smallest absolute Gasteiger partial charge is 0.161 e. The van der Waals surface area contributed by atoms with Crippen molar-refractivity contribution >= 4 is 5.78 Å². The molecule has 0 aliphatic heterocycles. The van der Waals surface area contributed by atoms with Gasteiger partial charge in [0.1, 0.15) is 6.10 Å². The van der Waals surface area contributed by atoms with Gasteiger partial charge in [0.15, 0.2) is 5.78 Å². The summed E-state index contributed by atoms with van der Waals surface area (Å²) in [6.07, 6.45) is 0.772. The minimum absolute atomic E-state index is 0.0387. The highest BCUT2D eigenvalue weighted by Gasteiger charge is 2.14. The van der Waals surface area contributed by atoms with Gasteiger partial charge in [-0.15, -0.1) is 0 Å². The van der Waals surface area contributed by atoms with Gasteiger partial charge in [-0.3, -0.25) is 4.79 Å². The van der Waals surface area contributed by atoms with Gasteiger partial charge in [-0.2, -0.15) is 0 Å². The van der Waals surface area contributed by atoms with E-state index in [1.807, 2.05) is 0 Å². The van der Waals surface area contributed by atoms with Crippen molar-refractivity contribution < 1.29 is 9.90 Å². The number of aliphatic hydroxyl groups is 1. The van der Waals surface area contributed by atoms with Gasteiger partial charge in [-0.1, -0.05) is 20.8 Å². The first-order valence-corrected chi connectivity index (χ1v) is 4.64. The zero-order valence-electron chi connectivity index (χ0n) is 8.50. The van der Waals surface area contributed by atoms with Crippen LogP contribution in [-0.4, -0.2) is 17.0 Å². The highest BCUT2D eigenvalue weighted by atomic mass is 16.3. The zero-order valence-corrected chi connectivity index (χ0v) is 8.50. The summed E-state index contributed by atoms with van der Waals surface area (Å²) in [5.41, 5.74) is 0. The summed E-state index contributed by atoms with van der Waals surface area (Å²) in [4.78, 5) is 11.1. The topological polar surface area (TPSA) is 37.3 Å². The Morgan fingerprint density at radius 2 is 1.75 bits per heavy atom. The van der Waals surface area contributed by atoms with Crippen LogP contribution in [0.1, 0.15) is 40.5 Å². The third-order valence-corrected chi connectivity index (χ3v) is 1.89. The van der Waals surface area contributed by atoms with E-state index in [0.717, 1.165) is 6.42 Å². The number of carbonyl (C=O) groups is 1. The molecular formula is C10H20O2. The molecule has 2 nitrogen and oxygen atoms in total. The molecule has 0 aliphatic rings. The van der Waals surface area contributed by atoms with E-state index >= 15 is 0 Å². The van der Waals surface area contributed by atoms with Crippen molar-refractivity contribution in [2.24, 2.45) is 11.8 Å². The average molecular weight is 172 g/mol. The van der Waals surface area contributed by atoms with Crippen molar-refractivity contribution in [1.29, 1.82) is 0 Å². The van der Waals surface area contributed by atoms with Crippen LogP contribution in [-0.2, 0) is 4.79 Å². The SMILES string of the molecule is CC(C)CC(C)CC(=O)C(C)O. The van der Waals surface area contributed by atoms with Crippen LogP contribution < -0.4 is 0 Å². The molecule has 2 unspecified atom stereocenters. The maximum atomic E-state index is 11.1. The molecule has 2 atom stereocenters. The molecule has 1 N–H and O–H groups in total. The average Bonchev–Trinajstić information content (AvgIpc) is 1.84. The van der Waals surface area contributed by atoms with Crippen LogP contribution in [0.25, 0.3) is 0 Å². The fraction of sp³-hybridized carbons (Fsp3) is 0.900. The van der Waals surface area contributed by atoms with E-state index in [-0.39, 0.29) is 5.78 Å². The van der Waals surface area contributed by atoms with Crippen LogP contribution >= 0.6 is 0 Å². The van der Waals surface area contributed by atoms with Crippen molar-refractivity contribution in [3.05, 3.63) is 0 Å². The number of Topliss-reactive ketones (excluding diaryl/α,β-unsaturated/α-hetero) is 1. The van der Waals surface area contributed by atoms with Gasteiger partial charge < -0.3 is 5.11 Å². The monoisotopic (exact) mass is 172 g/mol. The first-order valence-electron chi connectivity index (χ1n) is 4.64. The minimum atomic E-state index is -0.792. The molecule has 0 saturated heterocycles. The lowest BCUT2D eigenvalue weighted by atomic mass is 9.93. The number of aliphatic hydroxyl groups excluding tert-OH is 1. The Bertz CT molecular complexity index is 139. The summed E-state index contributed by atoms with van der Waals surface area (Å²) in [5.74, 6) is 0.983. The van der Waals surface area contributed by atoms with Gasteiger partial charge in [-0.25, -0.2) is 0 Å². The van der Waals surface area contributed by atoms with E-state index < -0.39 is 6.10 Å². The second-order valence-corrected chi connectivity index (χ2v) is 4.08. The Balaban J connectivity index is 3.69. The van der Waals surface area contributed by atoms with Gasteiger partial charge in [0.25, 0.3) is 0 Å². The number of carbonyl (C=O) groups excluding carboxylic acids is 1. The number of rotatable bonds is 5. The summed E-state index contributed by atoms with van der Waals surface area (Å²) < 4.78 is 0. The molecular weight excluding hydrogens is 152 g/mol. The first-order chi connectivity index (χ1) is 5.43. The number of ketones is 1. The van der Waals surface area contributed by atoms with E-state index in [0.29, 0.717) is 18.3 Å². The summed E-state index contributed by atoms with van der Waals surface area (Å²) in [6, 6.07) is 0. The molecule has 0 aromatic rings. The Kier molecular flexibility index (Phi) is 5.14. The number of hydrogen-bond acceptors (Lipinski definition) is 2. The zero-order chi connectivity index (χ0) is 9.72. The lowest BCUT2D eigenvalue weighted by Gasteiger charge is -2.13. The summed E-state index contributed by atoms with van der Waals surface area (Å²) in [5, 5.41) is 8.95. The van der Waals surface area contributed by atoms with Crippen LogP contribution in [0.15, 0.2) is 0 Å². The molecule has 0 heterocycles. The second kappa shape index (κ2) is 5.31. The number of hydrogen-bond donors (Lipinski definition) is 1. The Labute approximate surface area is 75.0 Å². The van der Waals surface area contributed by atoms with E-state index in [2.05, 4.69) is 20.8 Å². The molecule has 0 radical (unpaired) electrons. The predicted octanol–water partition coefficient (Wildman–Crippen LogP) is 2.01. The van der Waals surface area contributed by atoms with Crippen molar-refractivity contribution in [3.63, 3.8) is 0 Å². The van der Waals surface area contributed by atoms with Crippen molar-refractivity contribution in [2.45, 2.75) is 46.6 Å². The molecule has 0 aromatic heterocycles. The minimum Gasteiger partial charge on any atom is -0.386 e. The van der Waals surface area contributed by atoms with Gasteiger partial charge in [0, 0.05) is 6.42 Å². The quantitative estimate of drug-likeness (QED) is 0.688. The standard InChI is InChI=1S/C10H20O2/c1-7(2)5-8(3)6-10(12)9(4)11/h7-9,11H,5-6H2,1-4H3. The lowest BCUT2D eigenvalue weighted by Crippen LogP contribution is -2.19. The third kappa shape index (κ3) is 5.30. The lowest BCUT2D eigenvalue weighted by molar-refractivity contribution is -0.127. The summed E-state index contributed by atoms with van der Waals surface area (Å²) >= 11 is 0. The third-order valence-electron chi connectivity index (χ3n) is 1.89. The second-order valence-electron chi connectivity index (χ2n) is 4.08. The Morgan fingerprint density at radius 1 is 1.25 bits per heavy atom. The Morgan fingerprint density at radius 3 is 2.08 bits per heavy atom. The molecule has 0 spiro atoms. The maximum absolute atomic E-state index is 11.1. The Hall–Kier alpha value is -0.370. The van der Waals surface area contributed by atoms with E-state index in [9.17, 15) is 4.79 Å². The summed E-state index contributed by atoms with van der Waals surface area (Å²) in [7, 11) is 0. The van der Waals surface area contributed by atoms with Crippen molar-refractivity contribution in [1.82, 2.24) is 0 Å². The molecule has 0 fully saturated rings. The van der Waals surface area contributed by atoms with Gasteiger partial charge >= 0.3 is 0 Å². The first kappa shape index (κ1) is 11.6. The fourth-order valence-corrected chi connectivity index (χ4v) is 1.40. The summed E-state index contributed by atoms with van der Waals surface area (Å²) in [6.45, 7) is 7.87. The van der Waals surface area contributed by atoms with Gasteiger partial charge in [0.05, 0.1) is 0 Å². The molecule has 0 aliphatic carbocycles. The van der Waals surface area contributed by atoms with Crippen molar-refractivity contribution in [3.8, 4) is 0 Å². The molecule has 12 heavy (non-hydrogen) atoms. The van der Waals surface area contributed by atoms with Crippen molar-refractivity contribution in [2.75, 3.05) is 0 Å². The van der Waals surface area contributed by atoms with Crippen LogP contribution in [0, 0.1) is 11.8 Å².